The summed E-state index contributed by atoms with van der Waals surface area (Å²) in [5.74, 6) is -0.0255. The van der Waals surface area contributed by atoms with Gasteiger partial charge in [0.05, 0.1) is 5.54 Å². The van der Waals surface area contributed by atoms with Gasteiger partial charge in [-0.25, -0.2) is 0 Å². The van der Waals surface area contributed by atoms with Crippen LogP contribution in [-0.2, 0) is 0 Å². The number of hydrogen-bond donors (Lipinski definition) is 0. The molecule has 0 saturated heterocycles. The van der Waals surface area contributed by atoms with Crippen molar-refractivity contribution >= 4 is 5.96 Å². The Morgan fingerprint density at radius 3 is 1.94 bits per heavy atom. The predicted molar refractivity (Wildman–Crippen MR) is 64.2 cm³/mol. The summed E-state index contributed by atoms with van der Waals surface area (Å²) in [6, 6.07) is 0. The third kappa shape index (κ3) is 1.73. The van der Waals surface area contributed by atoms with Crippen molar-refractivity contribution in [2.45, 2.75) is 65.1 Å². The van der Waals surface area contributed by atoms with Gasteiger partial charge in [0.1, 0.15) is 0 Å². The van der Waals surface area contributed by atoms with E-state index in [-0.39, 0.29) is 5.96 Å². The molecule has 1 heterocycles. The molecular weight excluding hydrogens is 206 g/mol. The molecule has 0 aromatic carbocycles. The molecule has 0 atom stereocenters. The van der Waals surface area contributed by atoms with Gasteiger partial charge in [-0.3, -0.25) is 0 Å². The second-order valence-corrected chi connectivity index (χ2v) is 6.29. The van der Waals surface area contributed by atoms with E-state index >= 15 is 0 Å². The van der Waals surface area contributed by atoms with Crippen molar-refractivity contribution in [3.05, 3.63) is 10.1 Å². The quantitative estimate of drug-likeness (QED) is 0.471. The fourth-order valence-corrected chi connectivity index (χ4v) is 1.36. The topological polar surface area (TPSA) is 58.7 Å². The monoisotopic (exact) mass is 227 g/mol. The lowest BCUT2D eigenvalue weighted by molar-refractivity contribution is -0.523. The van der Waals surface area contributed by atoms with E-state index in [1.54, 1.807) is 34.6 Å². The lowest BCUT2D eigenvalue weighted by Gasteiger charge is -2.34. The highest BCUT2D eigenvalue weighted by atomic mass is 16.5. The Kier molecular flexibility index (Phi) is 2.67. The summed E-state index contributed by atoms with van der Waals surface area (Å²) in [6.07, 6.45) is 0. The van der Waals surface area contributed by atoms with Crippen LogP contribution in [-0.4, -0.2) is 32.4 Å². The molecule has 1 rings (SSSR count). The second-order valence-electron chi connectivity index (χ2n) is 6.29. The van der Waals surface area contributed by atoms with Crippen molar-refractivity contribution in [2.75, 3.05) is 0 Å². The lowest BCUT2D eigenvalue weighted by atomic mass is 9.84. The number of hydrogen-bond acceptors (Lipinski definition) is 4. The zero-order valence-electron chi connectivity index (χ0n) is 11.2. The Hall–Kier alpha value is -0.970. The first kappa shape index (κ1) is 13.1. The third-order valence-electron chi connectivity index (χ3n) is 3.36. The summed E-state index contributed by atoms with van der Waals surface area (Å²) in [4.78, 5) is 16.3. The van der Waals surface area contributed by atoms with Gasteiger partial charge < -0.3 is 10.3 Å². The maximum atomic E-state index is 12.1. The SMILES string of the molecule is CC(C)(C)N([O-])C1=NC(C)(C)C(C)(C)[N+]1=O. The largest absolute Gasteiger partial charge is 0.686 e. The fraction of sp³-hybridized carbons (Fsp3) is 0.909. The molecule has 0 unspecified atom stereocenters. The van der Waals surface area contributed by atoms with E-state index in [9.17, 15) is 10.1 Å². The van der Waals surface area contributed by atoms with E-state index < -0.39 is 16.6 Å². The van der Waals surface area contributed by atoms with Gasteiger partial charge in [-0.05, 0) is 53.2 Å². The standard InChI is InChI=1S/C11H21N3O2/c1-9(2,3)13(15)8-12-10(4,5)11(6,7)14(8)16/h1-7H3. The van der Waals surface area contributed by atoms with Crippen LogP contribution in [0.15, 0.2) is 4.99 Å². The molecule has 0 radical (unpaired) electrons. The van der Waals surface area contributed by atoms with E-state index in [0.717, 1.165) is 4.76 Å². The van der Waals surface area contributed by atoms with Crippen molar-refractivity contribution in [1.29, 1.82) is 0 Å². The molecule has 0 spiro atoms. The molecule has 0 aromatic rings. The molecule has 0 aromatic heterocycles. The van der Waals surface area contributed by atoms with Gasteiger partial charge in [-0.2, -0.15) is 0 Å². The van der Waals surface area contributed by atoms with Gasteiger partial charge in [-0.15, -0.1) is 4.99 Å². The number of nitrogens with zero attached hydrogens (tertiary/aromatic N) is 3. The highest BCUT2D eigenvalue weighted by molar-refractivity contribution is 5.75. The predicted octanol–water partition coefficient (Wildman–Crippen LogP) is 2.29. The summed E-state index contributed by atoms with van der Waals surface area (Å²) < 4.78 is 0.727. The van der Waals surface area contributed by atoms with Gasteiger partial charge in [0.2, 0.25) is 0 Å². The summed E-state index contributed by atoms with van der Waals surface area (Å²) in [7, 11) is 0. The maximum Gasteiger partial charge on any atom is 0.420 e. The Labute approximate surface area is 96.7 Å². The van der Waals surface area contributed by atoms with Gasteiger partial charge in [0, 0.05) is 0 Å². The lowest BCUT2D eigenvalue weighted by Crippen LogP contribution is -2.51. The molecule has 0 aliphatic carbocycles. The molecule has 92 valence electrons. The summed E-state index contributed by atoms with van der Waals surface area (Å²) in [5, 5.41) is 12.7. The molecular formula is C11H21N3O2. The van der Waals surface area contributed by atoms with Gasteiger partial charge >= 0.3 is 5.96 Å². The first-order valence-corrected chi connectivity index (χ1v) is 5.46. The van der Waals surface area contributed by atoms with Crippen LogP contribution in [0.3, 0.4) is 0 Å². The number of rotatable bonds is 0. The molecule has 16 heavy (non-hydrogen) atoms. The molecule has 0 saturated carbocycles. The minimum atomic E-state index is -0.698. The summed E-state index contributed by atoms with van der Waals surface area (Å²) in [6.45, 7) is 12.6. The summed E-state index contributed by atoms with van der Waals surface area (Å²) in [5.41, 5.74) is -1.91. The minimum absolute atomic E-state index is 0.0255. The van der Waals surface area contributed by atoms with Crippen LogP contribution in [0.5, 0.6) is 0 Å². The van der Waals surface area contributed by atoms with Crippen molar-refractivity contribution in [2.24, 2.45) is 4.99 Å². The van der Waals surface area contributed by atoms with Crippen LogP contribution in [0.4, 0.5) is 0 Å². The maximum absolute atomic E-state index is 12.1. The first-order valence-electron chi connectivity index (χ1n) is 5.46. The van der Waals surface area contributed by atoms with Crippen molar-refractivity contribution in [1.82, 2.24) is 5.06 Å². The van der Waals surface area contributed by atoms with E-state index in [1.165, 1.54) is 0 Å². The van der Waals surface area contributed by atoms with E-state index in [1.807, 2.05) is 13.8 Å². The van der Waals surface area contributed by atoms with Crippen LogP contribution >= 0.6 is 0 Å². The van der Waals surface area contributed by atoms with E-state index in [4.69, 9.17) is 0 Å². The number of hydroxylamine groups is 2. The second kappa shape index (κ2) is 3.26. The van der Waals surface area contributed by atoms with Crippen molar-refractivity contribution in [3.8, 4) is 0 Å². The van der Waals surface area contributed by atoms with Crippen LogP contribution in [0.1, 0.15) is 48.5 Å². The summed E-state index contributed by atoms with van der Waals surface area (Å²) >= 11 is 0. The molecule has 5 heteroatoms. The zero-order chi connectivity index (χ0) is 12.9. The van der Waals surface area contributed by atoms with Gasteiger partial charge in [-0.1, -0.05) is 4.91 Å². The molecule has 5 nitrogen and oxygen atoms in total. The molecule has 0 amide bonds. The molecule has 0 fully saturated rings. The Balaban J connectivity index is 3.16. The average Bonchev–Trinajstić information content (AvgIpc) is 2.23. The van der Waals surface area contributed by atoms with Crippen LogP contribution in [0, 0.1) is 10.1 Å². The normalized spacial score (nSPS) is 23.2. The molecule has 0 N–H and O–H groups in total. The van der Waals surface area contributed by atoms with Gasteiger partial charge in [0.25, 0.3) is 0 Å². The van der Waals surface area contributed by atoms with Crippen LogP contribution in [0.2, 0.25) is 0 Å². The molecule has 1 aliphatic rings. The first-order chi connectivity index (χ1) is 6.91. The fourth-order valence-electron chi connectivity index (χ4n) is 1.36. The number of nitroso groups, excluding NO2 is 1. The average molecular weight is 227 g/mol. The highest BCUT2D eigenvalue weighted by Gasteiger charge is 2.57. The Morgan fingerprint density at radius 2 is 1.69 bits per heavy atom. The van der Waals surface area contributed by atoms with Crippen molar-refractivity contribution in [3.63, 3.8) is 0 Å². The number of aliphatic imine (C=N–C) groups is 1. The number of guanidine groups is 1. The zero-order valence-corrected chi connectivity index (χ0v) is 11.2. The smallest absolute Gasteiger partial charge is 0.420 e. The molecule has 0 bridgehead atoms. The van der Waals surface area contributed by atoms with Crippen LogP contribution < -0.4 is 0 Å². The van der Waals surface area contributed by atoms with E-state index in [2.05, 4.69) is 4.99 Å². The van der Waals surface area contributed by atoms with Gasteiger partial charge in [0.15, 0.2) is 11.1 Å². The highest BCUT2D eigenvalue weighted by Crippen LogP contribution is 2.36. The Morgan fingerprint density at radius 1 is 1.25 bits per heavy atom. The minimum Gasteiger partial charge on any atom is -0.686 e. The van der Waals surface area contributed by atoms with Crippen LogP contribution in [0.25, 0.3) is 0 Å². The molecule has 1 aliphatic heterocycles. The third-order valence-corrected chi connectivity index (χ3v) is 3.36. The Bertz CT molecular complexity index is 351. The van der Waals surface area contributed by atoms with E-state index in [0.29, 0.717) is 5.06 Å². The van der Waals surface area contributed by atoms with Crippen molar-refractivity contribution < 1.29 is 4.76 Å².